The molecule has 3 aromatic rings. The van der Waals surface area contributed by atoms with E-state index in [1.165, 1.54) is 12.1 Å². The van der Waals surface area contributed by atoms with Crippen LogP contribution in [0.5, 0.6) is 0 Å². The predicted octanol–water partition coefficient (Wildman–Crippen LogP) is 3.30. The first-order valence-corrected chi connectivity index (χ1v) is 6.83. The Morgan fingerprint density at radius 2 is 2.20 bits per heavy atom. The fraction of sp³-hybridized carbons (Fsp3) is 0.286. The summed E-state index contributed by atoms with van der Waals surface area (Å²) < 4.78 is 20.6. The second kappa shape index (κ2) is 5.25. The van der Waals surface area contributed by atoms with E-state index in [0.717, 1.165) is 22.6 Å². The van der Waals surface area contributed by atoms with Gasteiger partial charge in [-0.15, -0.1) is 11.6 Å². The van der Waals surface area contributed by atoms with Crippen LogP contribution in [0, 0.1) is 12.7 Å². The SMILES string of the molecule is Cc1cc(Cn2c(CCCl)nc3ccc(F)cc32)on1. The van der Waals surface area contributed by atoms with Crippen LogP contribution in [0.15, 0.2) is 28.8 Å². The molecule has 0 saturated heterocycles. The Bertz CT molecular complexity index is 750. The first-order valence-electron chi connectivity index (χ1n) is 6.30. The highest BCUT2D eigenvalue weighted by Gasteiger charge is 2.13. The maximum absolute atomic E-state index is 13.5. The first-order chi connectivity index (χ1) is 9.67. The molecule has 0 aliphatic heterocycles. The summed E-state index contributed by atoms with van der Waals surface area (Å²) in [5.41, 5.74) is 2.30. The maximum Gasteiger partial charge on any atom is 0.156 e. The van der Waals surface area contributed by atoms with Crippen LogP contribution in [0.1, 0.15) is 17.3 Å². The van der Waals surface area contributed by atoms with Crippen molar-refractivity contribution in [3.63, 3.8) is 0 Å². The zero-order valence-electron chi connectivity index (χ0n) is 10.9. The highest BCUT2D eigenvalue weighted by atomic mass is 35.5. The zero-order valence-corrected chi connectivity index (χ0v) is 11.7. The molecule has 104 valence electrons. The lowest BCUT2D eigenvalue weighted by Crippen LogP contribution is -2.05. The van der Waals surface area contributed by atoms with Crippen LogP contribution >= 0.6 is 11.6 Å². The van der Waals surface area contributed by atoms with E-state index in [0.29, 0.717) is 24.6 Å². The zero-order chi connectivity index (χ0) is 14.1. The molecule has 0 aliphatic rings. The molecule has 2 aromatic heterocycles. The third-order valence-corrected chi connectivity index (χ3v) is 3.29. The van der Waals surface area contributed by atoms with Gasteiger partial charge in [-0.1, -0.05) is 5.16 Å². The average molecular weight is 294 g/mol. The smallest absolute Gasteiger partial charge is 0.156 e. The molecule has 0 spiro atoms. The molecule has 2 heterocycles. The average Bonchev–Trinajstić information content (AvgIpc) is 2.96. The normalized spacial score (nSPS) is 11.3. The van der Waals surface area contributed by atoms with E-state index in [1.54, 1.807) is 6.07 Å². The van der Waals surface area contributed by atoms with Crippen molar-refractivity contribution in [3.8, 4) is 0 Å². The number of hydrogen-bond acceptors (Lipinski definition) is 3. The molecule has 1 aromatic carbocycles. The van der Waals surface area contributed by atoms with Crippen LogP contribution in [-0.2, 0) is 13.0 Å². The van der Waals surface area contributed by atoms with Crippen molar-refractivity contribution in [3.05, 3.63) is 47.4 Å². The van der Waals surface area contributed by atoms with E-state index in [-0.39, 0.29) is 5.82 Å². The summed E-state index contributed by atoms with van der Waals surface area (Å²) in [7, 11) is 0. The fourth-order valence-electron chi connectivity index (χ4n) is 2.24. The summed E-state index contributed by atoms with van der Waals surface area (Å²) in [6, 6.07) is 6.41. The molecule has 0 amide bonds. The molecule has 0 unspecified atom stereocenters. The molecule has 0 fully saturated rings. The van der Waals surface area contributed by atoms with Gasteiger partial charge < -0.3 is 9.09 Å². The van der Waals surface area contributed by atoms with Crippen LogP contribution in [0.2, 0.25) is 0 Å². The number of fused-ring (bicyclic) bond motifs is 1. The number of aryl methyl sites for hydroxylation is 2. The molecule has 0 bridgehead atoms. The van der Waals surface area contributed by atoms with Crippen molar-refractivity contribution in [1.82, 2.24) is 14.7 Å². The lowest BCUT2D eigenvalue weighted by Gasteiger charge is -2.05. The van der Waals surface area contributed by atoms with Crippen LogP contribution in [0.25, 0.3) is 11.0 Å². The van der Waals surface area contributed by atoms with E-state index >= 15 is 0 Å². The topological polar surface area (TPSA) is 43.9 Å². The van der Waals surface area contributed by atoms with Crippen LogP contribution < -0.4 is 0 Å². The van der Waals surface area contributed by atoms with E-state index in [1.807, 2.05) is 17.6 Å². The third-order valence-electron chi connectivity index (χ3n) is 3.10. The summed E-state index contributed by atoms with van der Waals surface area (Å²) >= 11 is 5.81. The first kappa shape index (κ1) is 13.1. The van der Waals surface area contributed by atoms with Gasteiger partial charge in [0.2, 0.25) is 0 Å². The van der Waals surface area contributed by atoms with Gasteiger partial charge in [-0.2, -0.15) is 0 Å². The molecule has 0 radical (unpaired) electrons. The fourth-order valence-corrected chi connectivity index (χ4v) is 2.41. The van der Waals surface area contributed by atoms with Gasteiger partial charge in [0.25, 0.3) is 0 Å². The second-order valence-corrected chi connectivity index (χ2v) is 5.00. The van der Waals surface area contributed by atoms with Crippen LogP contribution in [0.4, 0.5) is 4.39 Å². The summed E-state index contributed by atoms with van der Waals surface area (Å²) in [5, 5.41) is 3.86. The number of hydrogen-bond donors (Lipinski definition) is 0. The van der Waals surface area contributed by atoms with Gasteiger partial charge in [0.1, 0.15) is 11.6 Å². The lowest BCUT2D eigenvalue weighted by molar-refractivity contribution is 0.373. The van der Waals surface area contributed by atoms with Crippen molar-refractivity contribution >= 4 is 22.6 Å². The molecular formula is C14H13ClFN3O. The Labute approximate surface area is 120 Å². The van der Waals surface area contributed by atoms with E-state index in [9.17, 15) is 4.39 Å². The molecule has 20 heavy (non-hydrogen) atoms. The molecule has 0 atom stereocenters. The summed E-state index contributed by atoms with van der Waals surface area (Å²) in [5.74, 6) is 1.70. The maximum atomic E-state index is 13.5. The van der Waals surface area contributed by atoms with Gasteiger partial charge in [0.15, 0.2) is 5.76 Å². The number of imidazole rings is 1. The van der Waals surface area contributed by atoms with Crippen LogP contribution in [0.3, 0.4) is 0 Å². The number of nitrogens with zero attached hydrogens (tertiary/aromatic N) is 3. The molecule has 0 saturated carbocycles. The number of rotatable bonds is 4. The Kier molecular flexibility index (Phi) is 3.44. The second-order valence-electron chi connectivity index (χ2n) is 4.62. The van der Waals surface area contributed by atoms with E-state index < -0.39 is 0 Å². The number of alkyl halides is 1. The van der Waals surface area contributed by atoms with Crippen LogP contribution in [-0.4, -0.2) is 20.6 Å². The van der Waals surface area contributed by atoms with Gasteiger partial charge in [-0.05, 0) is 25.1 Å². The van der Waals surface area contributed by atoms with Gasteiger partial charge >= 0.3 is 0 Å². The molecular weight excluding hydrogens is 281 g/mol. The molecule has 6 heteroatoms. The highest BCUT2D eigenvalue weighted by Crippen LogP contribution is 2.20. The van der Waals surface area contributed by atoms with Gasteiger partial charge in [-0.25, -0.2) is 9.37 Å². The lowest BCUT2D eigenvalue weighted by atomic mass is 10.3. The van der Waals surface area contributed by atoms with Gasteiger partial charge in [0, 0.05) is 18.4 Å². The van der Waals surface area contributed by atoms with Crippen molar-refractivity contribution < 1.29 is 8.91 Å². The standard InChI is InChI=1S/C14H13ClFN3O/c1-9-6-11(20-18-9)8-19-13-7-10(16)2-3-12(13)17-14(19)4-5-15/h2-3,6-7H,4-5,8H2,1H3. The summed E-state index contributed by atoms with van der Waals surface area (Å²) in [4.78, 5) is 4.50. The van der Waals surface area contributed by atoms with E-state index in [4.69, 9.17) is 16.1 Å². The van der Waals surface area contributed by atoms with Crippen molar-refractivity contribution in [2.24, 2.45) is 0 Å². The Morgan fingerprint density at radius 1 is 1.35 bits per heavy atom. The largest absolute Gasteiger partial charge is 0.359 e. The van der Waals surface area contributed by atoms with Gasteiger partial charge in [0.05, 0.1) is 23.3 Å². The summed E-state index contributed by atoms with van der Waals surface area (Å²) in [6.45, 7) is 2.32. The Morgan fingerprint density at radius 3 is 2.90 bits per heavy atom. The third kappa shape index (κ3) is 2.41. The minimum atomic E-state index is -0.287. The van der Waals surface area contributed by atoms with Gasteiger partial charge in [-0.3, -0.25) is 0 Å². The molecule has 4 nitrogen and oxygen atoms in total. The number of halogens is 2. The van der Waals surface area contributed by atoms with Crippen molar-refractivity contribution in [1.29, 1.82) is 0 Å². The summed E-state index contributed by atoms with van der Waals surface area (Å²) in [6.07, 6.45) is 0.616. The van der Waals surface area contributed by atoms with Crippen molar-refractivity contribution in [2.75, 3.05) is 5.88 Å². The Balaban J connectivity index is 2.09. The monoisotopic (exact) mass is 293 g/mol. The minimum Gasteiger partial charge on any atom is -0.359 e. The Hall–Kier alpha value is -1.88. The molecule has 3 rings (SSSR count). The highest BCUT2D eigenvalue weighted by molar-refractivity contribution is 6.17. The predicted molar refractivity (Wildman–Crippen MR) is 74.5 cm³/mol. The quantitative estimate of drug-likeness (QED) is 0.693. The van der Waals surface area contributed by atoms with Crippen molar-refractivity contribution in [2.45, 2.75) is 19.9 Å². The number of benzene rings is 1. The molecule has 0 N–H and O–H groups in total. The minimum absolute atomic E-state index is 0.287. The molecule has 0 aliphatic carbocycles. The number of aromatic nitrogens is 3. The van der Waals surface area contributed by atoms with E-state index in [2.05, 4.69) is 10.1 Å².